The Labute approximate surface area is 67.7 Å². The molecule has 4 heteroatoms. The molecule has 0 aliphatic carbocycles. The highest BCUT2D eigenvalue weighted by Crippen LogP contribution is 2.32. The minimum absolute atomic E-state index is 0.0758. The number of alkyl halides is 1. The number of rotatable bonds is 1. The third-order valence-corrected chi connectivity index (χ3v) is 3.24. The molecule has 1 fully saturated rings. The van der Waals surface area contributed by atoms with Crippen LogP contribution in [0.3, 0.4) is 0 Å². The molecule has 2 amide bonds. The molecule has 3 nitrogen and oxygen atoms in total. The van der Waals surface area contributed by atoms with Gasteiger partial charge < -0.3 is 10.6 Å². The molecule has 1 unspecified atom stereocenters. The monoisotopic (exact) mass is 240 g/mol. The van der Waals surface area contributed by atoms with Crippen molar-refractivity contribution in [2.75, 3.05) is 11.0 Å². The van der Waals surface area contributed by atoms with Crippen molar-refractivity contribution >= 4 is 28.6 Å². The topological polar surface area (TPSA) is 46.1 Å². The van der Waals surface area contributed by atoms with Crippen LogP contribution in [0.2, 0.25) is 0 Å². The van der Waals surface area contributed by atoms with Crippen molar-refractivity contribution in [3.63, 3.8) is 0 Å². The lowest BCUT2D eigenvalue weighted by Crippen LogP contribution is -2.26. The van der Waals surface area contributed by atoms with Gasteiger partial charge in [0.05, 0.1) is 5.54 Å². The number of nitrogens with two attached hydrogens (primary N) is 1. The summed E-state index contributed by atoms with van der Waals surface area (Å²) in [4.78, 5) is 12.1. The van der Waals surface area contributed by atoms with Crippen LogP contribution in [0.5, 0.6) is 0 Å². The van der Waals surface area contributed by atoms with Crippen LogP contribution in [0.25, 0.3) is 0 Å². The van der Waals surface area contributed by atoms with Crippen molar-refractivity contribution < 1.29 is 4.79 Å². The van der Waals surface area contributed by atoms with Crippen molar-refractivity contribution in [2.24, 2.45) is 5.73 Å². The number of halogens is 1. The first-order valence-electron chi connectivity index (χ1n) is 2.73. The summed E-state index contributed by atoms with van der Waals surface area (Å²) in [7, 11) is 0. The Kier molecular flexibility index (Phi) is 1.58. The molecule has 1 heterocycles. The zero-order chi connectivity index (χ0) is 7.07. The van der Waals surface area contributed by atoms with Gasteiger partial charge in [0.25, 0.3) is 0 Å². The Hall–Kier alpha value is 0. The summed E-state index contributed by atoms with van der Waals surface area (Å²) in [6, 6.07) is -0.297. The molecular weight excluding hydrogens is 231 g/mol. The van der Waals surface area contributed by atoms with E-state index in [1.807, 2.05) is 6.92 Å². The van der Waals surface area contributed by atoms with E-state index in [9.17, 15) is 4.79 Å². The van der Waals surface area contributed by atoms with E-state index < -0.39 is 0 Å². The number of amides is 2. The van der Waals surface area contributed by atoms with E-state index in [1.165, 1.54) is 0 Å². The molecule has 0 spiro atoms. The van der Waals surface area contributed by atoms with Gasteiger partial charge in [-0.1, -0.05) is 22.6 Å². The number of nitrogens with zero attached hydrogens (tertiary/aromatic N) is 1. The standard InChI is InChI=1S/C5H9IN2O/c1-5(2-6)3-8(5)4(7)9/h2-3H2,1H3,(H2,7,9). The highest BCUT2D eigenvalue weighted by atomic mass is 127. The normalized spacial score (nSPS) is 32.4. The third-order valence-electron chi connectivity index (χ3n) is 1.60. The minimum atomic E-state index is -0.297. The van der Waals surface area contributed by atoms with Gasteiger partial charge in [0, 0.05) is 11.0 Å². The van der Waals surface area contributed by atoms with Gasteiger partial charge in [-0.3, -0.25) is 0 Å². The summed E-state index contributed by atoms with van der Waals surface area (Å²) in [6.07, 6.45) is 0. The van der Waals surface area contributed by atoms with E-state index in [4.69, 9.17) is 5.73 Å². The lowest BCUT2D eigenvalue weighted by atomic mass is 10.2. The molecule has 1 aliphatic rings. The maximum atomic E-state index is 10.5. The molecule has 0 radical (unpaired) electrons. The van der Waals surface area contributed by atoms with Crippen molar-refractivity contribution in [3.8, 4) is 0 Å². The average molecular weight is 240 g/mol. The average Bonchev–Trinajstić information content (AvgIpc) is 2.44. The highest BCUT2D eigenvalue weighted by molar-refractivity contribution is 14.1. The number of carbonyl (C=O) groups excluding carboxylic acids is 1. The largest absolute Gasteiger partial charge is 0.351 e. The molecule has 0 aromatic heterocycles. The number of carbonyl (C=O) groups is 1. The molecule has 0 bridgehead atoms. The summed E-state index contributed by atoms with van der Waals surface area (Å²) in [6.45, 7) is 2.86. The van der Waals surface area contributed by atoms with Crippen LogP contribution in [0, 0.1) is 0 Å². The van der Waals surface area contributed by atoms with E-state index in [2.05, 4.69) is 22.6 Å². The predicted octanol–water partition coefficient (Wildman–Crippen LogP) is 0.574. The Balaban J connectivity index is 2.48. The zero-order valence-electron chi connectivity index (χ0n) is 5.22. The fraction of sp³-hybridized carbons (Fsp3) is 0.800. The van der Waals surface area contributed by atoms with E-state index in [-0.39, 0.29) is 11.6 Å². The molecule has 1 saturated heterocycles. The smallest absolute Gasteiger partial charge is 0.315 e. The lowest BCUT2D eigenvalue weighted by molar-refractivity contribution is 0.233. The molecule has 0 aromatic rings. The van der Waals surface area contributed by atoms with Crippen LogP contribution in [-0.2, 0) is 0 Å². The molecule has 0 aromatic carbocycles. The van der Waals surface area contributed by atoms with Gasteiger partial charge in [-0.2, -0.15) is 0 Å². The van der Waals surface area contributed by atoms with E-state index in [1.54, 1.807) is 4.90 Å². The summed E-state index contributed by atoms with van der Waals surface area (Å²) in [5.74, 6) is 0. The Morgan fingerprint density at radius 3 is 2.67 bits per heavy atom. The van der Waals surface area contributed by atoms with Gasteiger partial charge in [0.2, 0.25) is 0 Å². The van der Waals surface area contributed by atoms with Crippen LogP contribution < -0.4 is 5.73 Å². The maximum Gasteiger partial charge on any atom is 0.315 e. The molecule has 52 valence electrons. The van der Waals surface area contributed by atoms with Crippen molar-refractivity contribution in [1.29, 1.82) is 0 Å². The van der Waals surface area contributed by atoms with Crippen molar-refractivity contribution in [3.05, 3.63) is 0 Å². The van der Waals surface area contributed by atoms with Gasteiger partial charge in [0.15, 0.2) is 0 Å². The first-order valence-corrected chi connectivity index (χ1v) is 4.26. The SMILES string of the molecule is CC1(CI)CN1C(N)=O. The van der Waals surface area contributed by atoms with E-state index in [0.717, 1.165) is 11.0 Å². The van der Waals surface area contributed by atoms with Crippen LogP contribution >= 0.6 is 22.6 Å². The Morgan fingerprint density at radius 1 is 2.00 bits per heavy atom. The van der Waals surface area contributed by atoms with Gasteiger partial charge in [-0.05, 0) is 6.92 Å². The van der Waals surface area contributed by atoms with Crippen LogP contribution in [0.4, 0.5) is 4.79 Å². The van der Waals surface area contributed by atoms with Crippen LogP contribution in [0.15, 0.2) is 0 Å². The number of primary amides is 1. The quantitative estimate of drug-likeness (QED) is 0.406. The number of urea groups is 1. The number of hydrogen-bond donors (Lipinski definition) is 1. The molecule has 1 atom stereocenters. The highest BCUT2D eigenvalue weighted by Gasteiger charge is 2.49. The number of hydrogen-bond acceptors (Lipinski definition) is 1. The van der Waals surface area contributed by atoms with Gasteiger partial charge >= 0.3 is 6.03 Å². The lowest BCUT2D eigenvalue weighted by Gasteiger charge is -2.04. The molecule has 2 N–H and O–H groups in total. The summed E-state index contributed by atoms with van der Waals surface area (Å²) in [5.41, 5.74) is 5.11. The summed E-state index contributed by atoms with van der Waals surface area (Å²) >= 11 is 2.26. The second kappa shape index (κ2) is 2.00. The van der Waals surface area contributed by atoms with Crippen molar-refractivity contribution in [2.45, 2.75) is 12.5 Å². The summed E-state index contributed by atoms with van der Waals surface area (Å²) in [5, 5.41) is 0. The van der Waals surface area contributed by atoms with E-state index >= 15 is 0 Å². The Bertz CT molecular complexity index is 150. The van der Waals surface area contributed by atoms with Crippen LogP contribution in [-0.4, -0.2) is 27.4 Å². The summed E-state index contributed by atoms with van der Waals surface area (Å²) < 4.78 is 0.966. The first-order chi connectivity index (χ1) is 4.10. The van der Waals surface area contributed by atoms with Gasteiger partial charge in [-0.25, -0.2) is 4.79 Å². The molecule has 9 heavy (non-hydrogen) atoms. The second-order valence-electron chi connectivity index (χ2n) is 2.55. The predicted molar refractivity (Wildman–Crippen MR) is 43.6 cm³/mol. The minimum Gasteiger partial charge on any atom is -0.351 e. The first kappa shape index (κ1) is 7.11. The maximum absolute atomic E-state index is 10.5. The molecule has 1 rings (SSSR count). The molecule has 0 saturated carbocycles. The van der Waals surface area contributed by atoms with Crippen LogP contribution in [0.1, 0.15) is 6.92 Å². The van der Waals surface area contributed by atoms with Crippen molar-refractivity contribution in [1.82, 2.24) is 4.90 Å². The zero-order valence-corrected chi connectivity index (χ0v) is 7.38. The molecular formula is C5H9IN2O. The molecule has 1 aliphatic heterocycles. The van der Waals surface area contributed by atoms with Gasteiger partial charge in [0.1, 0.15) is 0 Å². The fourth-order valence-electron chi connectivity index (χ4n) is 0.764. The Morgan fingerprint density at radius 2 is 2.56 bits per heavy atom. The van der Waals surface area contributed by atoms with E-state index in [0.29, 0.717) is 0 Å². The third kappa shape index (κ3) is 1.12. The fourth-order valence-corrected chi connectivity index (χ4v) is 1.42. The second-order valence-corrected chi connectivity index (χ2v) is 3.32. The van der Waals surface area contributed by atoms with Gasteiger partial charge in [-0.15, -0.1) is 0 Å².